The summed E-state index contributed by atoms with van der Waals surface area (Å²) in [5.41, 5.74) is 0.792. The zero-order valence-electron chi connectivity index (χ0n) is 23.9. The molecule has 218 valence electrons. The number of dihydropyridines is 1. The third kappa shape index (κ3) is 7.91. The maximum Gasteiger partial charge on any atom is 0.243 e. The van der Waals surface area contributed by atoms with Gasteiger partial charge in [0.05, 0.1) is 24.3 Å². The second kappa shape index (κ2) is 13.4. The summed E-state index contributed by atoms with van der Waals surface area (Å²) in [4.78, 5) is 46.4. The predicted octanol–water partition coefficient (Wildman–Crippen LogP) is 1.72. The predicted molar refractivity (Wildman–Crippen MR) is 153 cm³/mol. The molecule has 10 nitrogen and oxygen atoms in total. The maximum absolute atomic E-state index is 13.5. The fraction of sp³-hybridized carbons (Fsp3) is 0.600. The number of aromatic hydroxyl groups is 1. The number of rotatable bonds is 3. The fourth-order valence-corrected chi connectivity index (χ4v) is 5.19. The molecule has 2 aliphatic heterocycles. The minimum atomic E-state index is -0.853. The molecule has 4 rings (SSSR count). The van der Waals surface area contributed by atoms with E-state index in [2.05, 4.69) is 20.9 Å². The number of nitrogens with one attached hydrogen (secondary N) is 3. The average molecular weight is 554 g/mol. The zero-order chi connectivity index (χ0) is 28.8. The highest BCUT2D eigenvalue weighted by atomic mass is 16.5. The Morgan fingerprint density at radius 1 is 1.00 bits per heavy atom. The van der Waals surface area contributed by atoms with Crippen molar-refractivity contribution in [2.75, 3.05) is 13.6 Å². The SMILES string of the molecule is C[C@@H]1CCC2N=CC=CC2O[C@H](C)CN[C@@H](C2CC2)C(=O)N(C)[C@H](C)C(=O)N[C@H](Cc2ccc(O)cc2)C(=O)N1. The molecule has 0 aromatic heterocycles. The van der Waals surface area contributed by atoms with Crippen LogP contribution in [0.1, 0.15) is 52.0 Å². The molecular formula is C30H43N5O5. The van der Waals surface area contributed by atoms with E-state index in [0.717, 1.165) is 18.4 Å². The molecule has 3 amide bonds. The molecule has 2 unspecified atom stereocenters. The molecule has 2 heterocycles. The number of allylic oxidation sites excluding steroid dienone is 1. The molecule has 7 atom stereocenters. The normalized spacial score (nSPS) is 33.0. The number of aliphatic imine (C=N–C) groups is 1. The summed E-state index contributed by atoms with van der Waals surface area (Å²) in [6.07, 6.45) is 8.91. The summed E-state index contributed by atoms with van der Waals surface area (Å²) in [6.45, 7) is 6.10. The first-order valence-electron chi connectivity index (χ1n) is 14.4. The van der Waals surface area contributed by atoms with E-state index in [1.165, 1.54) is 4.90 Å². The van der Waals surface area contributed by atoms with Crippen molar-refractivity contribution in [2.45, 2.75) is 95.3 Å². The molecule has 1 saturated heterocycles. The highest BCUT2D eigenvalue weighted by Crippen LogP contribution is 2.33. The van der Waals surface area contributed by atoms with E-state index in [0.29, 0.717) is 19.4 Å². The van der Waals surface area contributed by atoms with Crippen molar-refractivity contribution >= 4 is 23.9 Å². The van der Waals surface area contributed by atoms with Gasteiger partial charge in [-0.05, 0) is 76.1 Å². The molecule has 1 aromatic carbocycles. The minimum absolute atomic E-state index is 0.0778. The Kier molecular flexibility index (Phi) is 9.97. The van der Waals surface area contributed by atoms with Gasteiger partial charge in [0.25, 0.3) is 0 Å². The number of phenolic OH excluding ortho intramolecular Hbond substituents is 1. The van der Waals surface area contributed by atoms with Crippen LogP contribution in [0.4, 0.5) is 0 Å². The number of phenols is 1. The van der Waals surface area contributed by atoms with Gasteiger partial charge in [-0.1, -0.05) is 18.2 Å². The van der Waals surface area contributed by atoms with E-state index in [1.807, 2.05) is 26.0 Å². The van der Waals surface area contributed by atoms with Gasteiger partial charge >= 0.3 is 0 Å². The summed E-state index contributed by atoms with van der Waals surface area (Å²) < 4.78 is 6.34. The van der Waals surface area contributed by atoms with Gasteiger partial charge in [0.2, 0.25) is 17.7 Å². The summed E-state index contributed by atoms with van der Waals surface area (Å²) in [5.74, 6) is -0.501. The number of benzene rings is 1. The Bertz CT molecular complexity index is 1100. The molecular weight excluding hydrogens is 510 g/mol. The smallest absolute Gasteiger partial charge is 0.243 e. The van der Waals surface area contributed by atoms with Crippen molar-refractivity contribution < 1.29 is 24.2 Å². The number of ether oxygens (including phenoxy) is 1. The van der Waals surface area contributed by atoms with Crippen LogP contribution < -0.4 is 16.0 Å². The van der Waals surface area contributed by atoms with Crippen LogP contribution in [0.15, 0.2) is 41.4 Å². The summed E-state index contributed by atoms with van der Waals surface area (Å²) in [7, 11) is 1.63. The lowest BCUT2D eigenvalue weighted by Crippen LogP contribution is -2.57. The highest BCUT2D eigenvalue weighted by molar-refractivity contribution is 5.93. The largest absolute Gasteiger partial charge is 0.508 e. The van der Waals surface area contributed by atoms with Gasteiger partial charge in [-0.2, -0.15) is 0 Å². The Labute approximate surface area is 236 Å². The lowest BCUT2D eigenvalue weighted by molar-refractivity contribution is -0.141. The van der Waals surface area contributed by atoms with Crippen LogP contribution in [0, 0.1) is 5.92 Å². The maximum atomic E-state index is 13.5. The van der Waals surface area contributed by atoms with E-state index in [9.17, 15) is 19.5 Å². The number of hydrogen-bond donors (Lipinski definition) is 4. The first-order chi connectivity index (χ1) is 19.1. The molecule has 3 aliphatic rings. The van der Waals surface area contributed by atoms with Gasteiger partial charge in [0.15, 0.2) is 0 Å². The van der Waals surface area contributed by atoms with Crippen LogP contribution in [-0.4, -0.2) is 90.0 Å². The van der Waals surface area contributed by atoms with E-state index < -0.39 is 24.0 Å². The number of hydrogen-bond acceptors (Lipinski definition) is 7. The number of fused-ring (bicyclic) bond motifs is 1. The lowest BCUT2D eigenvalue weighted by Gasteiger charge is -2.32. The number of nitrogens with zero attached hydrogens (tertiary/aromatic N) is 2. The highest BCUT2D eigenvalue weighted by Gasteiger charge is 2.40. The Balaban J connectivity index is 1.56. The topological polar surface area (TPSA) is 132 Å². The van der Waals surface area contributed by atoms with Crippen molar-refractivity contribution in [1.29, 1.82) is 0 Å². The van der Waals surface area contributed by atoms with Crippen LogP contribution in [0.2, 0.25) is 0 Å². The number of carbonyl (C=O) groups excluding carboxylic acids is 3. The molecule has 0 spiro atoms. The Hall–Kier alpha value is -3.24. The second-order valence-electron chi connectivity index (χ2n) is 11.4. The Morgan fingerprint density at radius 2 is 1.73 bits per heavy atom. The van der Waals surface area contributed by atoms with Crippen LogP contribution in [-0.2, 0) is 25.5 Å². The minimum Gasteiger partial charge on any atom is -0.508 e. The summed E-state index contributed by atoms with van der Waals surface area (Å²) in [5, 5.41) is 19.0. The van der Waals surface area contributed by atoms with Crippen LogP contribution >= 0.6 is 0 Å². The molecule has 0 radical (unpaired) electrons. The van der Waals surface area contributed by atoms with E-state index in [-0.39, 0.29) is 54.2 Å². The molecule has 0 bridgehead atoms. The van der Waals surface area contributed by atoms with Crippen molar-refractivity contribution in [3.8, 4) is 5.75 Å². The van der Waals surface area contributed by atoms with Crippen LogP contribution in [0.3, 0.4) is 0 Å². The van der Waals surface area contributed by atoms with Crippen molar-refractivity contribution in [1.82, 2.24) is 20.9 Å². The third-order valence-corrected chi connectivity index (χ3v) is 8.02. The Morgan fingerprint density at radius 3 is 2.42 bits per heavy atom. The van der Waals surface area contributed by atoms with Gasteiger partial charge in [-0.3, -0.25) is 19.4 Å². The molecule has 4 N–H and O–H groups in total. The first kappa shape index (κ1) is 29.7. The number of amides is 3. The molecule has 1 aromatic rings. The van der Waals surface area contributed by atoms with Gasteiger partial charge in [-0.15, -0.1) is 0 Å². The number of carbonyl (C=O) groups is 3. The monoisotopic (exact) mass is 553 g/mol. The molecule has 1 aliphatic carbocycles. The van der Waals surface area contributed by atoms with E-state index in [4.69, 9.17) is 4.74 Å². The molecule has 2 fully saturated rings. The van der Waals surface area contributed by atoms with Crippen LogP contribution in [0.5, 0.6) is 5.75 Å². The van der Waals surface area contributed by atoms with Gasteiger partial charge < -0.3 is 30.7 Å². The van der Waals surface area contributed by atoms with Gasteiger partial charge in [0.1, 0.15) is 17.8 Å². The van der Waals surface area contributed by atoms with E-state index >= 15 is 0 Å². The zero-order valence-corrected chi connectivity index (χ0v) is 23.9. The van der Waals surface area contributed by atoms with Crippen molar-refractivity contribution in [3.63, 3.8) is 0 Å². The quantitative estimate of drug-likeness (QED) is 0.451. The second-order valence-corrected chi connectivity index (χ2v) is 11.4. The molecule has 1 saturated carbocycles. The van der Waals surface area contributed by atoms with Crippen molar-refractivity contribution in [3.05, 3.63) is 42.0 Å². The standard InChI is InChI=1S/C30H43N5O5/c1-18-7-14-24-26(6-5-15-31-24)40-19(2)17-32-27(22-10-11-22)30(39)35(4)20(3)28(37)34-25(29(38)33-18)16-21-8-12-23(36)13-9-21/h5-6,8-9,12-13,15,18-20,22,24-27,32,36H,7,10-11,14,16-17H2,1-4H3,(H,33,38)(H,34,37)/t18-,19-,20-,24?,25-,26?,27+/m1/s1. The van der Waals surface area contributed by atoms with Crippen LogP contribution in [0.25, 0.3) is 0 Å². The fourth-order valence-electron chi connectivity index (χ4n) is 5.19. The third-order valence-electron chi connectivity index (χ3n) is 8.02. The number of likely N-dealkylation sites (N-methyl/N-ethyl adjacent to an activating group) is 1. The summed E-state index contributed by atoms with van der Waals surface area (Å²) >= 11 is 0. The van der Waals surface area contributed by atoms with E-state index in [1.54, 1.807) is 44.5 Å². The average Bonchev–Trinajstić information content (AvgIpc) is 3.77. The van der Waals surface area contributed by atoms with Crippen molar-refractivity contribution in [2.24, 2.45) is 10.9 Å². The molecule has 10 heteroatoms. The van der Waals surface area contributed by atoms with Gasteiger partial charge in [0, 0.05) is 32.3 Å². The first-order valence-corrected chi connectivity index (χ1v) is 14.4. The van der Waals surface area contributed by atoms with Gasteiger partial charge in [-0.25, -0.2) is 0 Å². The molecule has 40 heavy (non-hydrogen) atoms. The lowest BCUT2D eigenvalue weighted by atomic mass is 9.99. The summed E-state index contributed by atoms with van der Waals surface area (Å²) in [6, 6.07) is 4.29.